The number of benzene rings is 2. The van der Waals surface area contributed by atoms with Crippen LogP contribution < -0.4 is 15.0 Å². The van der Waals surface area contributed by atoms with Crippen molar-refractivity contribution in [3.05, 3.63) is 53.6 Å². The number of carbonyl (C=O) groups is 1. The highest BCUT2D eigenvalue weighted by Crippen LogP contribution is 2.37. The third-order valence-corrected chi connectivity index (χ3v) is 6.77. The van der Waals surface area contributed by atoms with Gasteiger partial charge in [0.05, 0.1) is 12.8 Å². The summed E-state index contributed by atoms with van der Waals surface area (Å²) in [5, 5.41) is 2.88. The molecular formula is C26H35N3O3. The van der Waals surface area contributed by atoms with Crippen LogP contribution in [-0.4, -0.2) is 50.4 Å². The highest BCUT2D eigenvalue weighted by molar-refractivity contribution is 5.87. The van der Waals surface area contributed by atoms with Crippen molar-refractivity contribution in [2.45, 2.75) is 63.8 Å². The number of hydrogen-bond donors (Lipinski definition) is 1. The van der Waals surface area contributed by atoms with E-state index in [1.807, 2.05) is 25.1 Å². The molecule has 4 rings (SSSR count). The standard InChI is InChI=1S/C26H35N3O3/c1-18-8-13-25(31-4)24(14-18)27-26(30)32-23-15-21-6-5-7-22(16-23)29(21)17-19-9-11-20(12-10-19)28(2)3/h8-14,21-23H,5-7,15-17H2,1-4H3,(H,27,30)/t21-,22+,23?. The molecule has 2 aromatic carbocycles. The Labute approximate surface area is 191 Å². The lowest BCUT2D eigenvalue weighted by Crippen LogP contribution is -2.53. The largest absolute Gasteiger partial charge is 0.495 e. The van der Waals surface area contributed by atoms with Gasteiger partial charge in [-0.3, -0.25) is 10.2 Å². The van der Waals surface area contributed by atoms with Crippen LogP contribution in [0.15, 0.2) is 42.5 Å². The summed E-state index contributed by atoms with van der Waals surface area (Å²) in [7, 11) is 5.73. The first kappa shape index (κ1) is 22.5. The lowest BCUT2D eigenvalue weighted by Gasteiger charge is -2.48. The maximum absolute atomic E-state index is 12.6. The number of nitrogens with zero attached hydrogens (tertiary/aromatic N) is 2. The van der Waals surface area contributed by atoms with Crippen LogP contribution in [0.25, 0.3) is 0 Å². The quantitative estimate of drug-likeness (QED) is 0.673. The van der Waals surface area contributed by atoms with Gasteiger partial charge in [0, 0.05) is 51.3 Å². The summed E-state index contributed by atoms with van der Waals surface area (Å²) < 4.78 is 11.2. The lowest BCUT2D eigenvalue weighted by atomic mass is 9.82. The molecule has 2 aliphatic heterocycles. The molecule has 2 heterocycles. The lowest BCUT2D eigenvalue weighted by molar-refractivity contribution is -0.0348. The predicted octanol–water partition coefficient (Wildman–Crippen LogP) is 5.20. The molecule has 2 aliphatic rings. The average molecular weight is 438 g/mol. The van der Waals surface area contributed by atoms with E-state index in [1.54, 1.807) is 7.11 Å². The first-order chi connectivity index (χ1) is 15.4. The van der Waals surface area contributed by atoms with E-state index >= 15 is 0 Å². The van der Waals surface area contributed by atoms with Crippen molar-refractivity contribution in [3.8, 4) is 5.75 Å². The minimum atomic E-state index is -0.398. The maximum atomic E-state index is 12.6. The zero-order valence-corrected chi connectivity index (χ0v) is 19.6. The molecule has 1 amide bonds. The van der Waals surface area contributed by atoms with Gasteiger partial charge in [0.15, 0.2) is 0 Å². The number of piperidine rings is 2. The Balaban J connectivity index is 1.37. The van der Waals surface area contributed by atoms with E-state index in [4.69, 9.17) is 9.47 Å². The molecule has 1 unspecified atom stereocenters. The molecular weight excluding hydrogens is 402 g/mol. The molecule has 0 spiro atoms. The van der Waals surface area contributed by atoms with Crippen LogP contribution in [0.5, 0.6) is 5.75 Å². The Morgan fingerprint density at radius 2 is 1.78 bits per heavy atom. The zero-order valence-electron chi connectivity index (χ0n) is 19.6. The second-order valence-electron chi connectivity index (χ2n) is 9.30. The fraction of sp³-hybridized carbons (Fsp3) is 0.500. The molecule has 2 aromatic rings. The maximum Gasteiger partial charge on any atom is 0.412 e. The summed E-state index contributed by atoms with van der Waals surface area (Å²) in [4.78, 5) is 17.4. The summed E-state index contributed by atoms with van der Waals surface area (Å²) in [6.07, 6.45) is 4.93. The number of rotatable bonds is 6. The summed E-state index contributed by atoms with van der Waals surface area (Å²) >= 11 is 0. The van der Waals surface area contributed by atoms with E-state index < -0.39 is 6.09 Å². The van der Waals surface area contributed by atoms with Gasteiger partial charge in [-0.2, -0.15) is 0 Å². The van der Waals surface area contributed by atoms with Gasteiger partial charge in [-0.25, -0.2) is 4.79 Å². The van der Waals surface area contributed by atoms with Gasteiger partial charge in [-0.1, -0.05) is 24.6 Å². The van der Waals surface area contributed by atoms with Crippen LogP contribution in [0.1, 0.15) is 43.2 Å². The molecule has 0 saturated carbocycles. The molecule has 0 radical (unpaired) electrons. The molecule has 172 valence electrons. The Hall–Kier alpha value is -2.73. The van der Waals surface area contributed by atoms with E-state index in [9.17, 15) is 4.79 Å². The van der Waals surface area contributed by atoms with Crippen LogP contribution in [0, 0.1) is 6.92 Å². The van der Waals surface area contributed by atoms with Gasteiger partial charge < -0.3 is 14.4 Å². The molecule has 0 aromatic heterocycles. The number of anilines is 2. The van der Waals surface area contributed by atoms with Gasteiger partial charge in [-0.05, 0) is 55.2 Å². The molecule has 6 nitrogen and oxygen atoms in total. The normalized spacial score (nSPS) is 22.8. The first-order valence-electron chi connectivity index (χ1n) is 11.6. The van der Waals surface area contributed by atoms with Crippen molar-refractivity contribution in [1.82, 2.24) is 4.90 Å². The number of methoxy groups -OCH3 is 1. The van der Waals surface area contributed by atoms with Crippen LogP contribution in [0.3, 0.4) is 0 Å². The van der Waals surface area contributed by atoms with Crippen LogP contribution in [-0.2, 0) is 11.3 Å². The number of aryl methyl sites for hydroxylation is 1. The van der Waals surface area contributed by atoms with Crippen molar-refractivity contribution in [2.24, 2.45) is 0 Å². The third-order valence-electron chi connectivity index (χ3n) is 6.77. The topological polar surface area (TPSA) is 54.0 Å². The minimum absolute atomic E-state index is 0.0477. The van der Waals surface area contributed by atoms with Crippen molar-refractivity contribution in [2.75, 3.05) is 31.4 Å². The van der Waals surface area contributed by atoms with Gasteiger partial charge in [0.2, 0.25) is 0 Å². The van der Waals surface area contributed by atoms with Crippen LogP contribution in [0.4, 0.5) is 16.2 Å². The fourth-order valence-electron chi connectivity index (χ4n) is 5.10. The second-order valence-corrected chi connectivity index (χ2v) is 9.30. The van der Waals surface area contributed by atoms with E-state index in [1.165, 1.54) is 30.5 Å². The Bertz CT molecular complexity index is 914. The van der Waals surface area contributed by atoms with Crippen molar-refractivity contribution < 1.29 is 14.3 Å². The number of hydrogen-bond acceptors (Lipinski definition) is 5. The van der Waals surface area contributed by atoms with Crippen molar-refractivity contribution in [3.63, 3.8) is 0 Å². The van der Waals surface area contributed by atoms with Gasteiger partial charge >= 0.3 is 6.09 Å². The highest BCUT2D eigenvalue weighted by Gasteiger charge is 2.39. The number of ether oxygens (including phenoxy) is 2. The zero-order chi connectivity index (χ0) is 22.7. The SMILES string of the molecule is COc1ccc(C)cc1NC(=O)OC1C[C@H]2CCC[C@@H](C1)N2Cc1ccc(N(C)C)cc1. The molecule has 0 aliphatic carbocycles. The Morgan fingerprint density at radius 3 is 2.41 bits per heavy atom. The molecule has 1 N–H and O–H groups in total. The molecule has 3 atom stereocenters. The fourth-order valence-corrected chi connectivity index (χ4v) is 5.10. The van der Waals surface area contributed by atoms with E-state index in [2.05, 4.69) is 53.5 Å². The van der Waals surface area contributed by atoms with Gasteiger partial charge in [0.25, 0.3) is 0 Å². The third kappa shape index (κ3) is 5.18. The first-order valence-corrected chi connectivity index (χ1v) is 11.6. The summed E-state index contributed by atoms with van der Waals surface area (Å²) in [6, 6.07) is 15.5. The summed E-state index contributed by atoms with van der Waals surface area (Å²) in [5.74, 6) is 0.638. The van der Waals surface area contributed by atoms with Gasteiger partial charge in [-0.15, -0.1) is 0 Å². The average Bonchev–Trinajstić information content (AvgIpc) is 2.75. The monoisotopic (exact) mass is 437 g/mol. The highest BCUT2D eigenvalue weighted by atomic mass is 16.6. The van der Waals surface area contributed by atoms with E-state index in [0.717, 1.165) is 24.9 Å². The second kappa shape index (κ2) is 9.82. The number of fused-ring (bicyclic) bond motifs is 2. The smallest absolute Gasteiger partial charge is 0.412 e. The molecule has 6 heteroatoms. The van der Waals surface area contributed by atoms with Crippen molar-refractivity contribution >= 4 is 17.5 Å². The van der Waals surface area contributed by atoms with E-state index in [0.29, 0.717) is 23.5 Å². The number of carbonyl (C=O) groups excluding carboxylic acids is 1. The molecule has 32 heavy (non-hydrogen) atoms. The van der Waals surface area contributed by atoms with Crippen LogP contribution in [0.2, 0.25) is 0 Å². The minimum Gasteiger partial charge on any atom is -0.495 e. The summed E-state index contributed by atoms with van der Waals surface area (Å²) in [6.45, 7) is 2.95. The van der Waals surface area contributed by atoms with E-state index in [-0.39, 0.29) is 6.10 Å². The Morgan fingerprint density at radius 1 is 1.09 bits per heavy atom. The Kier molecular flexibility index (Phi) is 6.89. The van der Waals surface area contributed by atoms with Gasteiger partial charge in [0.1, 0.15) is 11.9 Å². The van der Waals surface area contributed by atoms with Crippen molar-refractivity contribution in [1.29, 1.82) is 0 Å². The number of nitrogens with one attached hydrogen (secondary N) is 1. The molecule has 2 fully saturated rings. The molecule has 2 bridgehead atoms. The van der Waals surface area contributed by atoms with Crippen LogP contribution >= 0.6 is 0 Å². The predicted molar refractivity (Wildman–Crippen MR) is 129 cm³/mol. The summed E-state index contributed by atoms with van der Waals surface area (Å²) in [5.41, 5.74) is 4.27. The molecule has 2 saturated heterocycles. The number of amides is 1.